The van der Waals surface area contributed by atoms with E-state index >= 15 is 0 Å². The van der Waals surface area contributed by atoms with Crippen molar-refractivity contribution in [3.63, 3.8) is 0 Å². The molecule has 0 saturated carbocycles. The highest BCUT2D eigenvalue weighted by Gasteiger charge is 2.20. The van der Waals surface area contributed by atoms with Crippen molar-refractivity contribution >= 4 is 23.7 Å². The number of hydrogen-bond donors (Lipinski definition) is 1. The van der Waals surface area contributed by atoms with E-state index in [4.69, 9.17) is 5.11 Å². The summed E-state index contributed by atoms with van der Waals surface area (Å²) in [6.07, 6.45) is 1.24. The fourth-order valence-corrected chi connectivity index (χ4v) is 2.20. The zero-order valence-corrected chi connectivity index (χ0v) is 13.9. The molecule has 0 saturated heterocycles. The van der Waals surface area contributed by atoms with Gasteiger partial charge in [-0.15, -0.1) is 0 Å². The highest BCUT2D eigenvalue weighted by molar-refractivity contribution is 6.09. The maximum absolute atomic E-state index is 12.5. The Bertz CT molecular complexity index is 867. The molecule has 0 heterocycles. The quantitative estimate of drug-likeness (QED) is 0.371. The van der Waals surface area contributed by atoms with Crippen molar-refractivity contribution in [2.24, 2.45) is 0 Å². The van der Waals surface area contributed by atoms with Crippen LogP contribution < -0.4 is 0 Å². The number of carboxylic acids is 1. The number of esters is 2. The lowest BCUT2D eigenvalue weighted by atomic mass is 9.96. The van der Waals surface area contributed by atoms with E-state index in [2.05, 4.69) is 4.74 Å². The summed E-state index contributed by atoms with van der Waals surface area (Å²) in [5.74, 6) is -4.22. The Kier molecular flexibility index (Phi) is 6.16. The van der Waals surface area contributed by atoms with Crippen LogP contribution in [0.4, 0.5) is 0 Å². The van der Waals surface area contributed by atoms with Gasteiger partial charge in [-0.1, -0.05) is 48.5 Å². The number of carbonyl (C=O) groups is 4. The van der Waals surface area contributed by atoms with Crippen LogP contribution in [0.5, 0.6) is 0 Å². The predicted molar refractivity (Wildman–Crippen MR) is 92.6 cm³/mol. The second kappa shape index (κ2) is 8.53. The third kappa shape index (κ3) is 4.98. The fourth-order valence-electron chi connectivity index (χ4n) is 2.20. The Morgan fingerprint density at radius 3 is 2.23 bits per heavy atom. The molecule has 26 heavy (non-hydrogen) atoms. The summed E-state index contributed by atoms with van der Waals surface area (Å²) in [4.78, 5) is 46.3. The van der Waals surface area contributed by atoms with Crippen LogP contribution in [-0.2, 0) is 19.1 Å². The summed E-state index contributed by atoms with van der Waals surface area (Å²) in [5, 5.41) is 8.45. The Labute approximate surface area is 149 Å². The van der Waals surface area contributed by atoms with Gasteiger partial charge in [0, 0.05) is 23.3 Å². The van der Waals surface area contributed by atoms with Gasteiger partial charge in [0.2, 0.25) is 0 Å². The summed E-state index contributed by atoms with van der Waals surface area (Å²) >= 11 is 0. The van der Waals surface area contributed by atoms with Crippen LogP contribution >= 0.6 is 0 Å². The zero-order chi connectivity index (χ0) is 19.1. The van der Waals surface area contributed by atoms with Crippen molar-refractivity contribution in [1.82, 2.24) is 0 Å². The summed E-state index contributed by atoms with van der Waals surface area (Å²) in [6, 6.07) is 15.2. The molecule has 6 heteroatoms. The first-order valence-electron chi connectivity index (χ1n) is 7.75. The number of carboxylic acid groups (broad SMARTS) is 1. The highest BCUT2D eigenvalue weighted by atomic mass is 16.6. The number of ether oxygens (including phenoxy) is 1. The van der Waals surface area contributed by atoms with E-state index in [1.807, 2.05) is 0 Å². The van der Waals surface area contributed by atoms with Crippen LogP contribution in [0.3, 0.4) is 0 Å². The van der Waals surface area contributed by atoms with Gasteiger partial charge < -0.3 is 9.84 Å². The number of aliphatic carboxylic acids is 1. The van der Waals surface area contributed by atoms with Gasteiger partial charge in [0.1, 0.15) is 0 Å². The zero-order valence-electron chi connectivity index (χ0n) is 13.9. The largest absolute Gasteiger partial charge is 0.478 e. The molecule has 2 rings (SSSR count). The number of ketones is 1. The topological polar surface area (TPSA) is 97.7 Å². The van der Waals surface area contributed by atoms with Crippen molar-refractivity contribution in [3.05, 3.63) is 83.4 Å². The second-order valence-electron chi connectivity index (χ2n) is 5.45. The summed E-state index contributed by atoms with van der Waals surface area (Å²) in [5.41, 5.74) is 1.44. The van der Waals surface area contributed by atoms with Crippen LogP contribution in [0.2, 0.25) is 0 Å². The molecule has 0 aliphatic heterocycles. The van der Waals surface area contributed by atoms with Crippen molar-refractivity contribution in [1.29, 1.82) is 0 Å². The van der Waals surface area contributed by atoms with Crippen LogP contribution in [0.1, 0.15) is 34.3 Å². The van der Waals surface area contributed by atoms with Gasteiger partial charge in [-0.05, 0) is 18.6 Å². The van der Waals surface area contributed by atoms with Crippen molar-refractivity contribution < 1.29 is 29.0 Å². The van der Waals surface area contributed by atoms with Crippen molar-refractivity contribution in [3.8, 4) is 0 Å². The Hall–Kier alpha value is -3.54. The molecule has 1 atom stereocenters. The van der Waals surface area contributed by atoms with Gasteiger partial charge in [-0.25, -0.2) is 9.59 Å². The first-order chi connectivity index (χ1) is 12.4. The summed E-state index contributed by atoms with van der Waals surface area (Å²) in [7, 11) is 0. The Balaban J connectivity index is 2.13. The number of benzene rings is 2. The molecule has 0 aliphatic rings. The lowest BCUT2D eigenvalue weighted by molar-refractivity contribution is -0.157. The number of rotatable bonds is 6. The first kappa shape index (κ1) is 18.8. The molecule has 0 aromatic heterocycles. The minimum absolute atomic E-state index is 0.187. The smallest absolute Gasteiger partial charge is 0.338 e. The lowest BCUT2D eigenvalue weighted by Gasteiger charge is -2.11. The van der Waals surface area contributed by atoms with E-state index in [1.54, 1.807) is 54.6 Å². The monoisotopic (exact) mass is 352 g/mol. The average molecular weight is 352 g/mol. The first-order valence-corrected chi connectivity index (χ1v) is 7.75. The van der Waals surface area contributed by atoms with E-state index in [0.29, 0.717) is 28.8 Å². The second-order valence-corrected chi connectivity index (χ2v) is 5.45. The van der Waals surface area contributed by atoms with E-state index in [1.165, 1.54) is 6.92 Å². The predicted octanol–water partition coefficient (Wildman–Crippen LogP) is 2.73. The molecule has 0 radical (unpaired) electrons. The molecule has 0 bridgehead atoms. The van der Waals surface area contributed by atoms with Gasteiger partial charge in [-0.3, -0.25) is 9.59 Å². The molecule has 0 spiro atoms. The fraction of sp³-hybridized carbons (Fsp3) is 0.100. The third-order valence-corrected chi connectivity index (χ3v) is 3.60. The Morgan fingerprint density at radius 1 is 0.923 bits per heavy atom. The van der Waals surface area contributed by atoms with E-state index in [-0.39, 0.29) is 5.78 Å². The SMILES string of the molecule is CC(C(=O)OC(=O)/C=C/C(=O)O)c1cccc(C(=O)c2ccccc2)c1. The number of hydrogen-bond acceptors (Lipinski definition) is 5. The molecule has 1 N–H and O–H groups in total. The summed E-state index contributed by atoms with van der Waals surface area (Å²) < 4.78 is 4.59. The summed E-state index contributed by atoms with van der Waals surface area (Å²) in [6.45, 7) is 1.53. The normalized spacial score (nSPS) is 11.7. The van der Waals surface area contributed by atoms with Crippen molar-refractivity contribution in [2.45, 2.75) is 12.8 Å². The molecule has 0 fully saturated rings. The minimum Gasteiger partial charge on any atom is -0.478 e. The van der Waals surface area contributed by atoms with Crippen LogP contribution in [0, 0.1) is 0 Å². The van der Waals surface area contributed by atoms with Crippen LogP contribution in [0.15, 0.2) is 66.7 Å². The molecule has 2 aromatic carbocycles. The molecule has 0 amide bonds. The van der Waals surface area contributed by atoms with E-state index in [0.717, 1.165) is 0 Å². The maximum Gasteiger partial charge on any atom is 0.338 e. The van der Waals surface area contributed by atoms with Gasteiger partial charge >= 0.3 is 17.9 Å². The lowest BCUT2D eigenvalue weighted by Crippen LogP contribution is -2.17. The Morgan fingerprint density at radius 2 is 1.58 bits per heavy atom. The standard InChI is InChI=1S/C20H16O6/c1-13(20(25)26-18(23)11-10-17(21)22)15-8-5-9-16(12-15)19(24)14-6-3-2-4-7-14/h2-13H,1H3,(H,21,22)/b11-10+. The van der Waals surface area contributed by atoms with E-state index < -0.39 is 23.8 Å². The maximum atomic E-state index is 12.5. The third-order valence-electron chi connectivity index (χ3n) is 3.60. The van der Waals surface area contributed by atoms with Crippen LogP contribution in [0.25, 0.3) is 0 Å². The molecule has 132 valence electrons. The van der Waals surface area contributed by atoms with E-state index in [9.17, 15) is 19.2 Å². The van der Waals surface area contributed by atoms with Crippen molar-refractivity contribution in [2.75, 3.05) is 0 Å². The van der Waals surface area contributed by atoms with Gasteiger partial charge in [-0.2, -0.15) is 0 Å². The number of carbonyl (C=O) groups excluding carboxylic acids is 3. The van der Waals surface area contributed by atoms with Gasteiger partial charge in [0.15, 0.2) is 5.78 Å². The highest BCUT2D eigenvalue weighted by Crippen LogP contribution is 2.20. The molecule has 0 aliphatic carbocycles. The molecule has 6 nitrogen and oxygen atoms in total. The molecule has 2 aromatic rings. The molecular weight excluding hydrogens is 336 g/mol. The molecule has 1 unspecified atom stereocenters. The van der Waals surface area contributed by atoms with Crippen LogP contribution in [-0.4, -0.2) is 28.8 Å². The minimum atomic E-state index is -1.32. The molecular formula is C20H16O6. The van der Waals surface area contributed by atoms with Gasteiger partial charge in [0.05, 0.1) is 5.92 Å². The van der Waals surface area contributed by atoms with Gasteiger partial charge in [0.25, 0.3) is 0 Å². The average Bonchev–Trinajstić information content (AvgIpc) is 2.66.